The Kier molecular flexibility index (Phi) is 7.47. The lowest BCUT2D eigenvalue weighted by atomic mass is 9.90. The van der Waals surface area contributed by atoms with Crippen molar-refractivity contribution in [2.45, 2.75) is 13.8 Å². The zero-order chi connectivity index (χ0) is 24.2. The molecular formula is C31H44N3+. The van der Waals surface area contributed by atoms with Gasteiger partial charge in [0.15, 0.2) is 0 Å². The standard InChI is InChI=1S/C31H44N3/c1-6-30(3)14-8-10-26(12-16-30)20-32-18-19-33-21-28-24-34(5,25-29(28)22-33)23-27-11-9-15-31(4,7-2)17-13-27/h6-17,28-29,32H,1-2,18-25H2,3-5H3/q+1. The number of rotatable bonds is 9. The highest BCUT2D eigenvalue weighted by atomic mass is 15.4. The first-order chi connectivity index (χ1) is 16.2. The van der Waals surface area contributed by atoms with E-state index in [1.54, 1.807) is 0 Å². The van der Waals surface area contributed by atoms with Gasteiger partial charge >= 0.3 is 0 Å². The van der Waals surface area contributed by atoms with Gasteiger partial charge in [0.25, 0.3) is 0 Å². The molecule has 2 aliphatic carbocycles. The highest BCUT2D eigenvalue weighted by molar-refractivity contribution is 5.35. The quantitative estimate of drug-likeness (QED) is 0.295. The summed E-state index contributed by atoms with van der Waals surface area (Å²) >= 11 is 0. The third-order valence-electron chi connectivity index (χ3n) is 8.22. The molecule has 3 nitrogen and oxygen atoms in total. The van der Waals surface area contributed by atoms with Crippen molar-refractivity contribution in [3.63, 3.8) is 0 Å². The fraction of sp³-hybridized carbons (Fsp3) is 0.484. The molecule has 4 unspecified atom stereocenters. The number of fused-ring (bicyclic) bond motifs is 1. The highest BCUT2D eigenvalue weighted by Crippen LogP contribution is 2.36. The topological polar surface area (TPSA) is 15.3 Å². The Balaban J connectivity index is 1.19. The van der Waals surface area contributed by atoms with E-state index in [0.29, 0.717) is 0 Å². The number of allylic oxidation sites excluding steroid dienone is 10. The van der Waals surface area contributed by atoms with E-state index < -0.39 is 0 Å². The predicted octanol–water partition coefficient (Wildman–Crippen LogP) is 5.07. The molecule has 2 heterocycles. The molecule has 182 valence electrons. The number of hydrogen-bond acceptors (Lipinski definition) is 2. The molecule has 0 bridgehead atoms. The second-order valence-electron chi connectivity index (χ2n) is 11.6. The van der Waals surface area contributed by atoms with Crippen LogP contribution in [-0.2, 0) is 0 Å². The summed E-state index contributed by atoms with van der Waals surface area (Å²) in [6, 6.07) is 0. The SMILES string of the molecule is C=CC1(C)C=CC=C(CNCCN2CC3C[N+](C)(CC4=CC=CC(C)(C=C)C=C4)CC3C2)C=C1. The van der Waals surface area contributed by atoms with Crippen molar-refractivity contribution in [3.8, 4) is 0 Å². The van der Waals surface area contributed by atoms with Crippen molar-refractivity contribution in [3.05, 3.63) is 97.2 Å². The van der Waals surface area contributed by atoms with Crippen LogP contribution in [0.15, 0.2) is 97.2 Å². The van der Waals surface area contributed by atoms with Crippen LogP contribution in [0, 0.1) is 22.7 Å². The van der Waals surface area contributed by atoms with E-state index in [-0.39, 0.29) is 10.8 Å². The average molecular weight is 459 g/mol. The van der Waals surface area contributed by atoms with Gasteiger partial charge in [-0.15, -0.1) is 13.2 Å². The molecule has 0 amide bonds. The molecule has 4 atom stereocenters. The van der Waals surface area contributed by atoms with E-state index >= 15 is 0 Å². The largest absolute Gasteiger partial charge is 0.322 e. The molecule has 0 spiro atoms. The van der Waals surface area contributed by atoms with E-state index in [2.05, 4.69) is 105 Å². The van der Waals surface area contributed by atoms with Gasteiger partial charge in [0.05, 0.1) is 20.1 Å². The van der Waals surface area contributed by atoms with Crippen molar-refractivity contribution in [2.75, 3.05) is 59.4 Å². The van der Waals surface area contributed by atoms with Gasteiger partial charge in [0.2, 0.25) is 0 Å². The minimum atomic E-state index is -0.0372. The number of likely N-dealkylation sites (tertiary alicyclic amines) is 2. The second-order valence-corrected chi connectivity index (χ2v) is 11.6. The molecule has 4 rings (SSSR count). The molecule has 3 heteroatoms. The molecule has 2 fully saturated rings. The number of hydrogen-bond donors (Lipinski definition) is 1. The van der Waals surface area contributed by atoms with Crippen LogP contribution >= 0.6 is 0 Å². The Hall–Kier alpha value is -2.20. The fourth-order valence-corrected chi connectivity index (χ4v) is 5.93. The predicted molar refractivity (Wildman–Crippen MR) is 146 cm³/mol. The van der Waals surface area contributed by atoms with E-state index in [0.717, 1.165) is 38.0 Å². The van der Waals surface area contributed by atoms with Crippen LogP contribution in [0.3, 0.4) is 0 Å². The molecule has 0 aromatic heterocycles. The number of likely N-dealkylation sites (N-methyl/N-ethyl adjacent to an activating group) is 1. The molecule has 2 saturated heterocycles. The number of nitrogens with one attached hydrogen (secondary N) is 1. The smallest absolute Gasteiger partial charge is 0.104 e. The molecule has 2 aliphatic heterocycles. The van der Waals surface area contributed by atoms with Crippen molar-refractivity contribution in [2.24, 2.45) is 22.7 Å². The second kappa shape index (κ2) is 10.2. The van der Waals surface area contributed by atoms with E-state index in [9.17, 15) is 0 Å². The first-order valence-electron chi connectivity index (χ1n) is 12.9. The van der Waals surface area contributed by atoms with Crippen molar-refractivity contribution < 1.29 is 4.48 Å². The van der Waals surface area contributed by atoms with Gasteiger partial charge in [-0.1, -0.05) is 72.9 Å². The summed E-state index contributed by atoms with van der Waals surface area (Å²) in [6.45, 7) is 21.7. The minimum absolute atomic E-state index is 0.0290. The Morgan fingerprint density at radius 2 is 1.50 bits per heavy atom. The lowest BCUT2D eigenvalue weighted by Gasteiger charge is -2.32. The molecule has 0 aromatic carbocycles. The van der Waals surface area contributed by atoms with Crippen LogP contribution in [0.2, 0.25) is 0 Å². The summed E-state index contributed by atoms with van der Waals surface area (Å²) in [5.41, 5.74) is 2.71. The first kappa shape index (κ1) is 24.9. The maximum Gasteiger partial charge on any atom is 0.104 e. The van der Waals surface area contributed by atoms with Crippen molar-refractivity contribution >= 4 is 0 Å². The van der Waals surface area contributed by atoms with Crippen molar-refractivity contribution in [1.82, 2.24) is 10.2 Å². The molecule has 0 radical (unpaired) electrons. The molecule has 1 N–H and O–H groups in total. The summed E-state index contributed by atoms with van der Waals surface area (Å²) in [7, 11) is 2.46. The molecular weight excluding hydrogens is 414 g/mol. The van der Waals surface area contributed by atoms with Gasteiger partial charge in [-0.05, 0) is 19.4 Å². The van der Waals surface area contributed by atoms with Crippen LogP contribution in [-0.4, -0.2) is 68.8 Å². The first-order valence-corrected chi connectivity index (χ1v) is 12.9. The summed E-state index contributed by atoms with van der Waals surface area (Å²) < 4.78 is 1.17. The van der Waals surface area contributed by atoms with E-state index in [4.69, 9.17) is 0 Å². The van der Waals surface area contributed by atoms with Crippen molar-refractivity contribution in [1.29, 1.82) is 0 Å². The number of nitrogens with zero attached hydrogens (tertiary/aromatic N) is 2. The fourth-order valence-electron chi connectivity index (χ4n) is 5.93. The Bertz CT molecular complexity index is 947. The average Bonchev–Trinajstić information content (AvgIpc) is 3.14. The van der Waals surface area contributed by atoms with Crippen LogP contribution in [0.4, 0.5) is 0 Å². The maximum atomic E-state index is 4.00. The van der Waals surface area contributed by atoms with Gasteiger partial charge in [-0.3, -0.25) is 0 Å². The molecule has 4 aliphatic rings. The third-order valence-corrected chi connectivity index (χ3v) is 8.22. The third kappa shape index (κ3) is 6.07. The van der Waals surface area contributed by atoms with Crippen LogP contribution in [0.25, 0.3) is 0 Å². The monoisotopic (exact) mass is 458 g/mol. The van der Waals surface area contributed by atoms with E-state index in [1.165, 1.54) is 41.8 Å². The Morgan fingerprint density at radius 3 is 2.09 bits per heavy atom. The highest BCUT2D eigenvalue weighted by Gasteiger charge is 2.47. The minimum Gasteiger partial charge on any atom is -0.322 e. The Labute approximate surface area is 207 Å². The molecule has 0 saturated carbocycles. The molecule has 0 aromatic rings. The van der Waals surface area contributed by atoms with Gasteiger partial charge in [0.1, 0.15) is 6.54 Å². The molecule has 34 heavy (non-hydrogen) atoms. The summed E-state index contributed by atoms with van der Waals surface area (Å²) in [6.07, 6.45) is 26.4. The van der Waals surface area contributed by atoms with Gasteiger partial charge in [-0.25, -0.2) is 0 Å². The number of quaternary nitrogens is 1. The van der Waals surface area contributed by atoms with Gasteiger partial charge < -0.3 is 14.7 Å². The van der Waals surface area contributed by atoms with Crippen LogP contribution in [0.5, 0.6) is 0 Å². The zero-order valence-electron chi connectivity index (χ0n) is 21.5. The summed E-state index contributed by atoms with van der Waals surface area (Å²) in [5.74, 6) is 1.67. The van der Waals surface area contributed by atoms with Crippen LogP contribution in [0.1, 0.15) is 13.8 Å². The zero-order valence-corrected chi connectivity index (χ0v) is 21.5. The summed E-state index contributed by atoms with van der Waals surface area (Å²) in [4.78, 5) is 2.68. The normalized spacial score (nSPS) is 37.1. The lowest BCUT2D eigenvalue weighted by Crippen LogP contribution is -2.45. The lowest BCUT2D eigenvalue weighted by molar-refractivity contribution is -0.895. The maximum absolute atomic E-state index is 4.00. The van der Waals surface area contributed by atoms with Gasteiger partial charge in [0, 0.05) is 61.0 Å². The van der Waals surface area contributed by atoms with Gasteiger partial charge in [-0.2, -0.15) is 0 Å². The Morgan fingerprint density at radius 1 is 0.941 bits per heavy atom. The summed E-state index contributed by atoms with van der Waals surface area (Å²) in [5, 5.41) is 3.66. The van der Waals surface area contributed by atoms with Crippen LogP contribution < -0.4 is 5.32 Å². The van der Waals surface area contributed by atoms with E-state index in [1.807, 2.05) is 12.2 Å².